The van der Waals surface area contributed by atoms with Crippen LogP contribution < -0.4 is 0 Å². The van der Waals surface area contributed by atoms with E-state index < -0.39 is 0 Å². The van der Waals surface area contributed by atoms with Crippen LogP contribution in [-0.2, 0) is 6.42 Å². The average Bonchev–Trinajstić information content (AvgIpc) is 2.39. The SMILES string of the molecule is ClCC(Cc1ccc(Br)cn1)c1ccccc1. The lowest BCUT2D eigenvalue weighted by Crippen LogP contribution is -2.05. The normalized spacial score (nSPS) is 12.4. The fourth-order valence-corrected chi connectivity index (χ4v) is 2.29. The number of aromatic nitrogens is 1. The van der Waals surface area contributed by atoms with Gasteiger partial charge in [-0.25, -0.2) is 0 Å². The van der Waals surface area contributed by atoms with E-state index in [1.54, 1.807) is 0 Å². The zero-order valence-corrected chi connectivity index (χ0v) is 11.7. The maximum atomic E-state index is 6.05. The van der Waals surface area contributed by atoms with E-state index in [1.807, 2.05) is 36.5 Å². The molecule has 0 radical (unpaired) electrons. The van der Waals surface area contributed by atoms with Crippen LogP contribution >= 0.6 is 27.5 Å². The van der Waals surface area contributed by atoms with Crippen molar-refractivity contribution in [3.63, 3.8) is 0 Å². The fourth-order valence-electron chi connectivity index (χ4n) is 1.77. The van der Waals surface area contributed by atoms with Crippen LogP contribution in [0.3, 0.4) is 0 Å². The molecule has 1 atom stereocenters. The van der Waals surface area contributed by atoms with E-state index in [0.717, 1.165) is 16.6 Å². The van der Waals surface area contributed by atoms with Crippen molar-refractivity contribution in [3.8, 4) is 0 Å². The van der Waals surface area contributed by atoms with Crippen LogP contribution in [0.1, 0.15) is 17.2 Å². The molecule has 88 valence electrons. The second kappa shape index (κ2) is 6.18. The van der Waals surface area contributed by atoms with Gasteiger partial charge in [0.2, 0.25) is 0 Å². The van der Waals surface area contributed by atoms with Crippen molar-refractivity contribution in [2.24, 2.45) is 0 Å². The second-order valence-electron chi connectivity index (χ2n) is 3.93. The van der Waals surface area contributed by atoms with Gasteiger partial charge in [-0.2, -0.15) is 0 Å². The Hall–Kier alpha value is -0.860. The third kappa shape index (κ3) is 3.55. The predicted octanol–water partition coefficient (Wildman–Crippen LogP) is 4.41. The maximum absolute atomic E-state index is 6.05. The molecule has 0 saturated heterocycles. The van der Waals surface area contributed by atoms with E-state index in [9.17, 15) is 0 Å². The van der Waals surface area contributed by atoms with Gasteiger partial charge >= 0.3 is 0 Å². The highest BCUT2D eigenvalue weighted by Gasteiger charge is 2.11. The van der Waals surface area contributed by atoms with Crippen molar-refractivity contribution in [2.45, 2.75) is 12.3 Å². The first kappa shape index (κ1) is 12.6. The summed E-state index contributed by atoms with van der Waals surface area (Å²) in [5.74, 6) is 0.938. The molecular formula is C14H13BrClN. The first-order valence-electron chi connectivity index (χ1n) is 5.51. The maximum Gasteiger partial charge on any atom is 0.0413 e. The van der Waals surface area contributed by atoms with Crippen molar-refractivity contribution in [1.82, 2.24) is 4.98 Å². The van der Waals surface area contributed by atoms with Crippen molar-refractivity contribution in [1.29, 1.82) is 0 Å². The summed E-state index contributed by atoms with van der Waals surface area (Å²) in [7, 11) is 0. The fraction of sp³-hybridized carbons (Fsp3) is 0.214. The smallest absolute Gasteiger partial charge is 0.0413 e. The molecular weight excluding hydrogens is 298 g/mol. The predicted molar refractivity (Wildman–Crippen MR) is 75.5 cm³/mol. The van der Waals surface area contributed by atoms with Crippen LogP contribution in [0.15, 0.2) is 53.1 Å². The van der Waals surface area contributed by atoms with Crippen LogP contribution in [0.2, 0.25) is 0 Å². The van der Waals surface area contributed by atoms with Gasteiger partial charge in [0, 0.05) is 28.2 Å². The van der Waals surface area contributed by atoms with Gasteiger partial charge < -0.3 is 0 Å². The summed E-state index contributed by atoms with van der Waals surface area (Å²) in [6.45, 7) is 0. The summed E-state index contributed by atoms with van der Waals surface area (Å²) in [6.07, 6.45) is 2.70. The molecule has 17 heavy (non-hydrogen) atoms. The number of halogens is 2. The Balaban J connectivity index is 2.13. The van der Waals surface area contributed by atoms with E-state index in [4.69, 9.17) is 11.6 Å². The Labute approximate surface area is 115 Å². The molecule has 1 aromatic carbocycles. The number of alkyl halides is 1. The number of pyridine rings is 1. The Morgan fingerprint density at radius 1 is 1.12 bits per heavy atom. The van der Waals surface area contributed by atoms with Gasteiger partial charge in [-0.3, -0.25) is 4.98 Å². The lowest BCUT2D eigenvalue weighted by Gasteiger charge is -2.13. The summed E-state index contributed by atoms with van der Waals surface area (Å²) >= 11 is 9.43. The van der Waals surface area contributed by atoms with Crippen molar-refractivity contribution < 1.29 is 0 Å². The lowest BCUT2D eigenvalue weighted by atomic mass is 9.96. The third-order valence-corrected chi connectivity index (χ3v) is 3.54. The van der Waals surface area contributed by atoms with Crippen LogP contribution in [0.4, 0.5) is 0 Å². The van der Waals surface area contributed by atoms with Crippen LogP contribution in [0.25, 0.3) is 0 Å². The van der Waals surface area contributed by atoms with Gasteiger partial charge in [-0.05, 0) is 40.0 Å². The van der Waals surface area contributed by atoms with Gasteiger partial charge in [-0.15, -0.1) is 11.6 Å². The van der Waals surface area contributed by atoms with Crippen molar-refractivity contribution in [3.05, 3.63) is 64.4 Å². The quantitative estimate of drug-likeness (QED) is 0.762. The number of nitrogens with zero attached hydrogens (tertiary/aromatic N) is 1. The molecule has 0 N–H and O–H groups in total. The molecule has 0 aliphatic carbocycles. The van der Waals surface area contributed by atoms with Gasteiger partial charge in [0.1, 0.15) is 0 Å². The highest BCUT2D eigenvalue weighted by Crippen LogP contribution is 2.21. The summed E-state index contributed by atoms with van der Waals surface area (Å²) in [6, 6.07) is 14.4. The largest absolute Gasteiger partial charge is 0.260 e. The Bertz CT molecular complexity index is 455. The van der Waals surface area contributed by atoms with E-state index in [0.29, 0.717) is 11.8 Å². The molecule has 0 aliphatic rings. The minimum atomic E-state index is 0.326. The van der Waals surface area contributed by atoms with Gasteiger partial charge in [0.15, 0.2) is 0 Å². The average molecular weight is 311 g/mol. The number of benzene rings is 1. The van der Waals surface area contributed by atoms with E-state index in [2.05, 4.69) is 33.0 Å². The monoisotopic (exact) mass is 309 g/mol. The first-order valence-corrected chi connectivity index (χ1v) is 6.83. The molecule has 1 nitrogen and oxygen atoms in total. The molecule has 0 fully saturated rings. The molecule has 2 aromatic rings. The molecule has 3 heteroatoms. The Morgan fingerprint density at radius 3 is 2.47 bits per heavy atom. The van der Waals surface area contributed by atoms with Gasteiger partial charge in [0.25, 0.3) is 0 Å². The van der Waals surface area contributed by atoms with E-state index >= 15 is 0 Å². The number of hydrogen-bond acceptors (Lipinski definition) is 1. The molecule has 1 unspecified atom stereocenters. The molecule has 1 heterocycles. The molecule has 1 aromatic heterocycles. The van der Waals surface area contributed by atoms with E-state index in [1.165, 1.54) is 5.56 Å². The van der Waals surface area contributed by atoms with Crippen molar-refractivity contribution in [2.75, 3.05) is 5.88 Å². The highest BCUT2D eigenvalue weighted by molar-refractivity contribution is 9.10. The zero-order valence-electron chi connectivity index (χ0n) is 9.31. The third-order valence-electron chi connectivity index (χ3n) is 2.70. The van der Waals surface area contributed by atoms with Crippen LogP contribution in [-0.4, -0.2) is 10.9 Å². The van der Waals surface area contributed by atoms with Gasteiger partial charge in [0.05, 0.1) is 0 Å². The molecule has 0 bridgehead atoms. The molecule has 0 amide bonds. The minimum absolute atomic E-state index is 0.326. The Kier molecular flexibility index (Phi) is 4.57. The van der Waals surface area contributed by atoms with Crippen LogP contribution in [0, 0.1) is 0 Å². The molecule has 0 saturated carbocycles. The first-order chi connectivity index (χ1) is 8.29. The Morgan fingerprint density at radius 2 is 1.88 bits per heavy atom. The molecule has 0 spiro atoms. The summed E-state index contributed by atoms with van der Waals surface area (Å²) < 4.78 is 1.00. The van der Waals surface area contributed by atoms with Crippen molar-refractivity contribution >= 4 is 27.5 Å². The zero-order chi connectivity index (χ0) is 12.1. The standard InChI is InChI=1S/C14H13BrClN/c15-13-6-7-14(17-10-13)8-12(9-16)11-4-2-1-3-5-11/h1-7,10,12H,8-9H2. The molecule has 0 aliphatic heterocycles. The summed E-state index contributed by atoms with van der Waals surface area (Å²) in [4.78, 5) is 4.39. The van der Waals surface area contributed by atoms with E-state index in [-0.39, 0.29) is 0 Å². The second-order valence-corrected chi connectivity index (χ2v) is 5.16. The number of hydrogen-bond donors (Lipinski definition) is 0. The highest BCUT2D eigenvalue weighted by atomic mass is 79.9. The number of rotatable bonds is 4. The lowest BCUT2D eigenvalue weighted by molar-refractivity contribution is 0.747. The van der Waals surface area contributed by atoms with Gasteiger partial charge in [-0.1, -0.05) is 30.3 Å². The molecule has 2 rings (SSSR count). The topological polar surface area (TPSA) is 12.9 Å². The minimum Gasteiger partial charge on any atom is -0.260 e. The summed E-state index contributed by atoms with van der Waals surface area (Å²) in [5, 5.41) is 0. The van der Waals surface area contributed by atoms with Crippen LogP contribution in [0.5, 0.6) is 0 Å². The summed E-state index contributed by atoms with van der Waals surface area (Å²) in [5.41, 5.74) is 2.34.